The molecule has 1 atom stereocenters. The monoisotopic (exact) mass is 325 g/mol. The number of ether oxygens (including phenoxy) is 1. The van der Waals surface area contributed by atoms with Crippen molar-refractivity contribution >= 4 is 23.2 Å². The standard InChI is InChI=1S/C16H23NO4S/c1-11-8-13(12(2)22-11)4-3-5-15(18)17-6-7-21-10-14(17)9-16(19)20/h8,14H,3-7,9-10H2,1-2H3,(H,19,20). The van der Waals surface area contributed by atoms with Gasteiger partial charge in [-0.25, -0.2) is 0 Å². The summed E-state index contributed by atoms with van der Waals surface area (Å²) in [4.78, 5) is 27.5. The Hall–Kier alpha value is -1.40. The summed E-state index contributed by atoms with van der Waals surface area (Å²) in [5.74, 6) is -0.850. The molecule has 0 aromatic carbocycles. The van der Waals surface area contributed by atoms with Crippen LogP contribution in [0.5, 0.6) is 0 Å². The van der Waals surface area contributed by atoms with Gasteiger partial charge in [0.25, 0.3) is 0 Å². The van der Waals surface area contributed by atoms with Crippen molar-refractivity contribution < 1.29 is 19.4 Å². The van der Waals surface area contributed by atoms with Crippen LogP contribution in [0.4, 0.5) is 0 Å². The summed E-state index contributed by atoms with van der Waals surface area (Å²) in [6.45, 7) is 5.51. The second kappa shape index (κ2) is 7.74. The zero-order valence-corrected chi connectivity index (χ0v) is 13.9. The molecule has 22 heavy (non-hydrogen) atoms. The van der Waals surface area contributed by atoms with E-state index in [1.807, 2.05) is 0 Å². The number of carboxylic acid groups (broad SMARTS) is 1. The van der Waals surface area contributed by atoms with Gasteiger partial charge < -0.3 is 14.7 Å². The molecule has 0 bridgehead atoms. The van der Waals surface area contributed by atoms with Crippen LogP contribution < -0.4 is 0 Å². The van der Waals surface area contributed by atoms with Gasteiger partial charge in [0.1, 0.15) is 0 Å². The molecular weight excluding hydrogens is 302 g/mol. The summed E-state index contributed by atoms with van der Waals surface area (Å²) < 4.78 is 5.30. The summed E-state index contributed by atoms with van der Waals surface area (Å²) in [7, 11) is 0. The Balaban J connectivity index is 1.84. The van der Waals surface area contributed by atoms with Gasteiger partial charge in [0.15, 0.2) is 0 Å². The third-order valence-electron chi connectivity index (χ3n) is 3.94. The fourth-order valence-corrected chi connectivity index (χ4v) is 3.84. The minimum absolute atomic E-state index is 0.0409. The van der Waals surface area contributed by atoms with Crippen LogP contribution in [-0.2, 0) is 20.7 Å². The van der Waals surface area contributed by atoms with E-state index in [4.69, 9.17) is 9.84 Å². The zero-order valence-electron chi connectivity index (χ0n) is 13.1. The van der Waals surface area contributed by atoms with Crippen LogP contribution >= 0.6 is 11.3 Å². The summed E-state index contributed by atoms with van der Waals surface area (Å²) in [5, 5.41) is 8.93. The smallest absolute Gasteiger partial charge is 0.305 e. The van der Waals surface area contributed by atoms with Crippen molar-refractivity contribution in [3.05, 3.63) is 21.4 Å². The van der Waals surface area contributed by atoms with Gasteiger partial charge in [0.05, 0.1) is 25.7 Å². The van der Waals surface area contributed by atoms with Gasteiger partial charge in [-0.15, -0.1) is 11.3 Å². The predicted octanol–water partition coefficient (Wildman–Crippen LogP) is 2.39. The van der Waals surface area contributed by atoms with Gasteiger partial charge in [0.2, 0.25) is 5.91 Å². The van der Waals surface area contributed by atoms with E-state index in [9.17, 15) is 9.59 Å². The van der Waals surface area contributed by atoms with Gasteiger partial charge in [-0.2, -0.15) is 0 Å². The molecule has 1 saturated heterocycles. The Labute approximate surface area is 134 Å². The fraction of sp³-hybridized carbons (Fsp3) is 0.625. The molecule has 1 unspecified atom stereocenters. The van der Waals surface area contributed by atoms with E-state index in [1.54, 1.807) is 16.2 Å². The SMILES string of the molecule is Cc1cc(CCCC(=O)N2CCOCC2CC(=O)O)c(C)s1. The highest BCUT2D eigenvalue weighted by Crippen LogP contribution is 2.22. The fourth-order valence-electron chi connectivity index (χ4n) is 2.86. The Morgan fingerprint density at radius 3 is 2.86 bits per heavy atom. The molecule has 0 spiro atoms. The molecule has 0 saturated carbocycles. The molecule has 0 radical (unpaired) electrons. The first-order valence-electron chi connectivity index (χ1n) is 7.62. The summed E-state index contributed by atoms with van der Waals surface area (Å²) in [6, 6.07) is 1.86. The molecule has 122 valence electrons. The van der Waals surface area contributed by atoms with E-state index in [0.717, 1.165) is 12.8 Å². The van der Waals surface area contributed by atoms with E-state index in [-0.39, 0.29) is 18.4 Å². The van der Waals surface area contributed by atoms with E-state index in [1.165, 1.54) is 15.3 Å². The minimum Gasteiger partial charge on any atom is -0.481 e. The van der Waals surface area contributed by atoms with Gasteiger partial charge in [0, 0.05) is 22.7 Å². The second-order valence-electron chi connectivity index (χ2n) is 5.71. The quantitative estimate of drug-likeness (QED) is 0.872. The molecule has 1 aliphatic heterocycles. The van der Waals surface area contributed by atoms with Crippen molar-refractivity contribution in [2.45, 2.75) is 45.6 Å². The molecule has 1 amide bonds. The van der Waals surface area contributed by atoms with Crippen LogP contribution in [0.15, 0.2) is 6.07 Å². The second-order valence-corrected chi connectivity index (χ2v) is 7.17. The molecule has 1 aliphatic rings. The summed E-state index contributed by atoms with van der Waals surface area (Å²) in [6.07, 6.45) is 2.11. The lowest BCUT2D eigenvalue weighted by Crippen LogP contribution is -2.49. The van der Waals surface area contributed by atoms with Crippen LogP contribution in [-0.4, -0.2) is 47.7 Å². The number of nitrogens with zero attached hydrogens (tertiary/aromatic N) is 1. The average molecular weight is 325 g/mol. The number of aryl methyl sites for hydroxylation is 3. The highest BCUT2D eigenvalue weighted by molar-refractivity contribution is 7.12. The van der Waals surface area contributed by atoms with Crippen molar-refractivity contribution in [2.24, 2.45) is 0 Å². The molecule has 1 aromatic rings. The number of hydrogen-bond acceptors (Lipinski definition) is 4. The van der Waals surface area contributed by atoms with Crippen molar-refractivity contribution in [1.82, 2.24) is 4.90 Å². The topological polar surface area (TPSA) is 66.8 Å². The first kappa shape index (κ1) is 17.0. The first-order chi connectivity index (χ1) is 10.5. The third kappa shape index (κ3) is 4.55. The molecule has 6 heteroatoms. The maximum atomic E-state index is 12.4. The molecule has 2 rings (SSSR count). The lowest BCUT2D eigenvalue weighted by atomic mass is 10.1. The number of amides is 1. The van der Waals surface area contributed by atoms with Gasteiger partial charge in [-0.05, 0) is 38.3 Å². The lowest BCUT2D eigenvalue weighted by molar-refractivity contribution is -0.146. The number of carbonyl (C=O) groups is 2. The molecule has 1 fully saturated rings. The molecule has 2 heterocycles. The van der Waals surface area contributed by atoms with Crippen LogP contribution in [0.1, 0.15) is 34.6 Å². The number of carbonyl (C=O) groups excluding carboxylic acids is 1. The summed E-state index contributed by atoms with van der Waals surface area (Å²) >= 11 is 1.79. The summed E-state index contributed by atoms with van der Waals surface area (Å²) in [5.41, 5.74) is 1.32. The van der Waals surface area contributed by atoms with Gasteiger partial charge in [-0.3, -0.25) is 9.59 Å². The average Bonchev–Trinajstić information content (AvgIpc) is 2.77. The number of rotatable bonds is 6. The predicted molar refractivity (Wildman–Crippen MR) is 85.3 cm³/mol. The molecule has 1 aromatic heterocycles. The van der Waals surface area contributed by atoms with Crippen LogP contribution in [0, 0.1) is 13.8 Å². The Kier molecular flexibility index (Phi) is 5.97. The van der Waals surface area contributed by atoms with Crippen molar-refractivity contribution in [3.8, 4) is 0 Å². The number of morpholine rings is 1. The minimum atomic E-state index is -0.891. The largest absolute Gasteiger partial charge is 0.481 e. The number of hydrogen-bond donors (Lipinski definition) is 1. The molecule has 0 aliphatic carbocycles. The first-order valence-corrected chi connectivity index (χ1v) is 8.44. The van der Waals surface area contributed by atoms with Crippen molar-refractivity contribution in [2.75, 3.05) is 19.8 Å². The number of carboxylic acids is 1. The van der Waals surface area contributed by atoms with Crippen LogP contribution in [0.2, 0.25) is 0 Å². The number of aliphatic carboxylic acids is 1. The zero-order chi connectivity index (χ0) is 16.1. The highest BCUT2D eigenvalue weighted by Gasteiger charge is 2.28. The Bertz CT molecular complexity index is 540. The number of thiophene rings is 1. The van der Waals surface area contributed by atoms with E-state index in [0.29, 0.717) is 26.2 Å². The van der Waals surface area contributed by atoms with Crippen LogP contribution in [0.25, 0.3) is 0 Å². The van der Waals surface area contributed by atoms with Gasteiger partial charge in [-0.1, -0.05) is 0 Å². The third-order valence-corrected chi connectivity index (χ3v) is 4.95. The maximum Gasteiger partial charge on any atom is 0.305 e. The maximum absolute atomic E-state index is 12.4. The molecular formula is C16H23NO4S. The van der Waals surface area contributed by atoms with E-state index >= 15 is 0 Å². The van der Waals surface area contributed by atoms with Crippen molar-refractivity contribution in [1.29, 1.82) is 0 Å². The lowest BCUT2D eigenvalue weighted by Gasteiger charge is -2.35. The Morgan fingerprint density at radius 1 is 1.45 bits per heavy atom. The van der Waals surface area contributed by atoms with Crippen molar-refractivity contribution in [3.63, 3.8) is 0 Å². The molecule has 1 N–H and O–H groups in total. The van der Waals surface area contributed by atoms with Crippen LogP contribution in [0.3, 0.4) is 0 Å². The van der Waals surface area contributed by atoms with Gasteiger partial charge >= 0.3 is 5.97 Å². The normalized spacial score (nSPS) is 18.5. The van der Waals surface area contributed by atoms with E-state index in [2.05, 4.69) is 19.9 Å². The van der Waals surface area contributed by atoms with E-state index < -0.39 is 5.97 Å². The molecule has 5 nitrogen and oxygen atoms in total. The Morgan fingerprint density at radius 2 is 2.23 bits per heavy atom. The highest BCUT2D eigenvalue weighted by atomic mass is 32.1.